The molecular weight excluding hydrogens is 168 g/mol. The van der Waals surface area contributed by atoms with Gasteiger partial charge in [-0.25, -0.2) is 0 Å². The molecule has 0 unspecified atom stereocenters. The lowest BCUT2D eigenvalue weighted by atomic mass is 10.3. The van der Waals surface area contributed by atoms with Gasteiger partial charge in [-0.15, -0.1) is 0 Å². The third-order valence-corrected chi connectivity index (χ3v) is 1.59. The van der Waals surface area contributed by atoms with Crippen molar-refractivity contribution in [3.8, 4) is 11.5 Å². The van der Waals surface area contributed by atoms with Gasteiger partial charge in [0.2, 0.25) is 0 Å². The summed E-state index contributed by atoms with van der Waals surface area (Å²) in [5.41, 5.74) is 0. The third-order valence-electron chi connectivity index (χ3n) is 1.59. The molecule has 0 radical (unpaired) electrons. The molecule has 1 aromatic carbocycles. The van der Waals surface area contributed by atoms with E-state index in [1.807, 2.05) is 12.1 Å². The number of rotatable bonds is 1. The average molecular weight is 176 g/mol. The maximum Gasteiger partial charge on any atom is 0.294 e. The Morgan fingerprint density at radius 2 is 1.77 bits per heavy atom. The second-order valence-corrected chi connectivity index (χ2v) is 2.72. The topological polar surface area (TPSA) is 35.5 Å². The second-order valence-electron chi connectivity index (χ2n) is 2.72. The van der Waals surface area contributed by atoms with Crippen molar-refractivity contribution in [3.63, 3.8) is 0 Å². The van der Waals surface area contributed by atoms with Gasteiger partial charge >= 0.3 is 0 Å². The number of carbonyl (C=O) groups excluding carboxylic acids is 1. The summed E-state index contributed by atoms with van der Waals surface area (Å²) < 4.78 is 10.5. The Labute approximate surface area is 75.6 Å². The van der Waals surface area contributed by atoms with E-state index in [0.29, 0.717) is 11.5 Å². The quantitative estimate of drug-likeness (QED) is 0.613. The van der Waals surface area contributed by atoms with Gasteiger partial charge in [-0.3, -0.25) is 4.79 Å². The van der Waals surface area contributed by atoms with Crippen molar-refractivity contribution in [2.24, 2.45) is 0 Å². The van der Waals surface area contributed by atoms with Crippen molar-refractivity contribution in [3.05, 3.63) is 36.3 Å². The lowest BCUT2D eigenvalue weighted by molar-refractivity contribution is -0.112. The Balaban J connectivity index is 2.28. The average Bonchev–Trinajstić information content (AvgIpc) is 2.44. The molecule has 66 valence electrons. The van der Waals surface area contributed by atoms with Crippen LogP contribution in [0, 0.1) is 0 Å². The van der Waals surface area contributed by atoms with Crippen molar-refractivity contribution in [1.82, 2.24) is 0 Å². The van der Waals surface area contributed by atoms with Crippen LogP contribution < -0.4 is 9.47 Å². The predicted molar refractivity (Wildman–Crippen MR) is 46.5 cm³/mol. The zero-order chi connectivity index (χ0) is 9.26. The molecule has 0 amide bonds. The van der Waals surface area contributed by atoms with Crippen molar-refractivity contribution >= 4 is 5.78 Å². The predicted octanol–water partition coefficient (Wildman–Crippen LogP) is 1.89. The lowest BCUT2D eigenvalue weighted by Crippen LogP contribution is -1.97. The summed E-state index contributed by atoms with van der Waals surface area (Å²) in [5.74, 6) is 1.45. The van der Waals surface area contributed by atoms with Crippen LogP contribution >= 0.6 is 0 Å². The Morgan fingerprint density at radius 3 is 2.23 bits per heavy atom. The molecule has 1 heterocycles. The number of allylic oxidation sites excluding steroid dienone is 1. The number of ether oxygens (including phenoxy) is 2. The molecule has 13 heavy (non-hydrogen) atoms. The minimum atomic E-state index is -0.0946. The molecule has 0 fully saturated rings. The first-order valence-electron chi connectivity index (χ1n) is 3.93. The van der Waals surface area contributed by atoms with Gasteiger partial charge in [-0.1, -0.05) is 12.1 Å². The fourth-order valence-corrected chi connectivity index (χ4v) is 1.08. The van der Waals surface area contributed by atoms with Crippen molar-refractivity contribution in [1.29, 1.82) is 0 Å². The number of benzene rings is 1. The van der Waals surface area contributed by atoms with Gasteiger partial charge in [-0.2, -0.15) is 0 Å². The molecule has 0 saturated carbocycles. The van der Waals surface area contributed by atoms with E-state index in [1.54, 1.807) is 12.1 Å². The molecule has 0 spiro atoms. The highest BCUT2D eigenvalue weighted by Crippen LogP contribution is 2.35. The summed E-state index contributed by atoms with van der Waals surface area (Å²) in [7, 11) is 0. The van der Waals surface area contributed by atoms with Gasteiger partial charge in [0, 0.05) is 0 Å². The van der Waals surface area contributed by atoms with Crippen LogP contribution in [0.25, 0.3) is 0 Å². The van der Waals surface area contributed by atoms with Crippen molar-refractivity contribution in [2.45, 2.75) is 6.92 Å². The van der Waals surface area contributed by atoms with Gasteiger partial charge in [-0.05, 0) is 19.1 Å². The van der Waals surface area contributed by atoms with Crippen molar-refractivity contribution in [2.75, 3.05) is 0 Å². The van der Waals surface area contributed by atoms with E-state index >= 15 is 0 Å². The number of carbonyl (C=O) groups is 1. The number of hydrogen-bond acceptors (Lipinski definition) is 3. The number of fused-ring (bicyclic) bond motifs is 1. The second kappa shape index (κ2) is 2.94. The highest BCUT2D eigenvalue weighted by molar-refractivity contribution is 5.87. The number of ketones is 1. The first-order chi connectivity index (χ1) is 6.25. The van der Waals surface area contributed by atoms with Gasteiger partial charge in [0.05, 0.1) is 6.08 Å². The standard InChI is InChI=1S/C10H8O3/c1-7(11)6-10-12-8-4-2-3-5-9(8)13-10/h2-6H,1H3. The Hall–Kier alpha value is -1.77. The van der Waals surface area contributed by atoms with E-state index in [1.165, 1.54) is 13.0 Å². The van der Waals surface area contributed by atoms with Crippen LogP contribution in [0.2, 0.25) is 0 Å². The van der Waals surface area contributed by atoms with E-state index in [9.17, 15) is 4.79 Å². The van der Waals surface area contributed by atoms with Crippen LogP contribution in [0.5, 0.6) is 11.5 Å². The van der Waals surface area contributed by atoms with Crippen LogP contribution in [-0.2, 0) is 4.79 Å². The molecule has 0 bridgehead atoms. The number of para-hydroxylation sites is 2. The van der Waals surface area contributed by atoms with E-state index in [-0.39, 0.29) is 11.7 Å². The fourth-order valence-electron chi connectivity index (χ4n) is 1.08. The molecule has 3 nitrogen and oxygen atoms in total. The molecule has 0 aliphatic carbocycles. The molecule has 1 aliphatic rings. The Kier molecular flexibility index (Phi) is 1.77. The molecule has 1 aromatic rings. The minimum absolute atomic E-state index is 0.0946. The maximum absolute atomic E-state index is 10.7. The highest BCUT2D eigenvalue weighted by atomic mass is 16.7. The molecule has 1 aliphatic heterocycles. The van der Waals surface area contributed by atoms with Crippen LogP contribution in [0.4, 0.5) is 0 Å². The van der Waals surface area contributed by atoms with E-state index in [0.717, 1.165) is 0 Å². The SMILES string of the molecule is CC(=O)C=C1Oc2ccccc2O1. The summed E-state index contributed by atoms with van der Waals surface area (Å²) in [6.45, 7) is 1.45. The Bertz CT molecular complexity index is 353. The highest BCUT2D eigenvalue weighted by Gasteiger charge is 2.18. The first kappa shape index (κ1) is 7.86. The first-order valence-corrected chi connectivity index (χ1v) is 3.93. The molecular formula is C10H8O3. The van der Waals surface area contributed by atoms with Crippen LogP contribution in [-0.4, -0.2) is 5.78 Å². The zero-order valence-corrected chi connectivity index (χ0v) is 7.11. The normalized spacial score (nSPS) is 12.8. The van der Waals surface area contributed by atoms with Crippen molar-refractivity contribution < 1.29 is 14.3 Å². The molecule has 2 rings (SSSR count). The smallest absolute Gasteiger partial charge is 0.294 e. The van der Waals surface area contributed by atoms with Gasteiger partial charge in [0.15, 0.2) is 17.3 Å². The monoisotopic (exact) mass is 176 g/mol. The molecule has 0 atom stereocenters. The largest absolute Gasteiger partial charge is 0.422 e. The van der Waals surface area contributed by atoms with E-state index < -0.39 is 0 Å². The summed E-state index contributed by atoms with van der Waals surface area (Å²) in [5, 5.41) is 0. The number of hydrogen-bond donors (Lipinski definition) is 0. The van der Waals surface area contributed by atoms with Crippen LogP contribution in [0.1, 0.15) is 6.92 Å². The summed E-state index contributed by atoms with van der Waals surface area (Å²) >= 11 is 0. The summed E-state index contributed by atoms with van der Waals surface area (Å²) in [4.78, 5) is 10.7. The van der Waals surface area contributed by atoms with Gasteiger partial charge < -0.3 is 9.47 Å². The minimum Gasteiger partial charge on any atom is -0.422 e. The van der Waals surface area contributed by atoms with Crippen LogP contribution in [0.15, 0.2) is 36.3 Å². The summed E-state index contributed by atoms with van der Waals surface area (Å²) in [6.07, 6.45) is 1.32. The molecule has 0 aromatic heterocycles. The molecule has 0 saturated heterocycles. The fraction of sp³-hybridized carbons (Fsp3) is 0.100. The van der Waals surface area contributed by atoms with Crippen LogP contribution in [0.3, 0.4) is 0 Å². The third kappa shape index (κ3) is 1.54. The molecule has 0 N–H and O–H groups in total. The zero-order valence-electron chi connectivity index (χ0n) is 7.11. The maximum atomic E-state index is 10.7. The Morgan fingerprint density at radius 1 is 1.23 bits per heavy atom. The van der Waals surface area contributed by atoms with Gasteiger partial charge in [0.1, 0.15) is 0 Å². The lowest BCUT2D eigenvalue weighted by Gasteiger charge is -1.93. The van der Waals surface area contributed by atoms with E-state index in [2.05, 4.69) is 0 Å². The molecule has 3 heteroatoms. The van der Waals surface area contributed by atoms with Gasteiger partial charge in [0.25, 0.3) is 5.95 Å². The summed E-state index contributed by atoms with van der Waals surface area (Å²) in [6, 6.07) is 7.27. The van der Waals surface area contributed by atoms with E-state index in [4.69, 9.17) is 9.47 Å².